The Morgan fingerprint density at radius 3 is 2.55 bits per heavy atom. The third kappa shape index (κ3) is 2.61. The smallest absolute Gasteiger partial charge is 0.325 e. The molecule has 0 spiro atoms. The van der Waals surface area contributed by atoms with Crippen LogP contribution in [0.4, 0.5) is 10.5 Å². The van der Waals surface area contributed by atoms with Crippen LogP contribution in [0.2, 0.25) is 0 Å². The first kappa shape index (κ1) is 14.0. The van der Waals surface area contributed by atoms with Crippen molar-refractivity contribution in [2.45, 2.75) is 0 Å². The zero-order valence-electron chi connectivity index (χ0n) is 11.5. The summed E-state index contributed by atoms with van der Waals surface area (Å²) >= 11 is 0. The number of ether oxygens (including phenoxy) is 2. The third-order valence-corrected chi connectivity index (χ3v) is 3.12. The van der Waals surface area contributed by atoms with E-state index in [-0.39, 0.29) is 12.6 Å². The molecule has 0 unspecified atom stereocenters. The lowest BCUT2D eigenvalue weighted by Crippen LogP contribution is -2.37. The average molecular weight is 279 g/mol. The topological polar surface area (TPSA) is 85.1 Å². The lowest BCUT2D eigenvalue weighted by Gasteiger charge is -2.19. The van der Waals surface area contributed by atoms with E-state index in [0.29, 0.717) is 30.3 Å². The molecule has 0 aromatic heterocycles. The summed E-state index contributed by atoms with van der Waals surface area (Å²) in [6, 6.07) is 4.99. The summed E-state index contributed by atoms with van der Waals surface area (Å²) in [6.45, 7) is 0.903. The second kappa shape index (κ2) is 5.68. The van der Waals surface area contributed by atoms with Crippen LogP contribution in [0, 0.1) is 0 Å². The van der Waals surface area contributed by atoms with Crippen LogP contribution in [0.1, 0.15) is 0 Å². The maximum atomic E-state index is 12.2. The van der Waals surface area contributed by atoms with Gasteiger partial charge in [-0.2, -0.15) is 0 Å². The number of carbonyl (C=O) groups excluding carboxylic acids is 2. The largest absolute Gasteiger partial charge is 0.493 e. The number of urea groups is 1. The molecular formula is C13H17N3O4. The Hall–Kier alpha value is -2.44. The van der Waals surface area contributed by atoms with E-state index < -0.39 is 5.91 Å². The van der Waals surface area contributed by atoms with Gasteiger partial charge in [-0.25, -0.2) is 4.79 Å². The summed E-state index contributed by atoms with van der Waals surface area (Å²) in [4.78, 5) is 26.1. The van der Waals surface area contributed by atoms with Crippen molar-refractivity contribution in [2.24, 2.45) is 5.73 Å². The Balaban J connectivity index is 2.20. The molecule has 2 rings (SSSR count). The third-order valence-electron chi connectivity index (χ3n) is 3.12. The molecule has 7 heteroatoms. The Kier molecular flexibility index (Phi) is 3.97. The maximum absolute atomic E-state index is 12.2. The number of amides is 3. The van der Waals surface area contributed by atoms with Gasteiger partial charge in [0.25, 0.3) is 0 Å². The predicted molar refractivity (Wildman–Crippen MR) is 73.1 cm³/mol. The maximum Gasteiger partial charge on any atom is 0.325 e. The fourth-order valence-corrected chi connectivity index (χ4v) is 2.15. The van der Waals surface area contributed by atoms with E-state index in [1.807, 2.05) is 0 Å². The van der Waals surface area contributed by atoms with E-state index in [4.69, 9.17) is 15.2 Å². The molecule has 1 fully saturated rings. The minimum Gasteiger partial charge on any atom is -0.493 e. The van der Waals surface area contributed by atoms with Crippen molar-refractivity contribution in [3.63, 3.8) is 0 Å². The highest BCUT2D eigenvalue weighted by Crippen LogP contribution is 2.32. The van der Waals surface area contributed by atoms with Crippen molar-refractivity contribution in [3.05, 3.63) is 18.2 Å². The number of nitrogens with two attached hydrogens (primary N) is 1. The van der Waals surface area contributed by atoms with Crippen molar-refractivity contribution in [1.82, 2.24) is 4.90 Å². The number of carbonyl (C=O) groups is 2. The Bertz CT molecular complexity index is 532. The summed E-state index contributed by atoms with van der Waals surface area (Å²) in [6.07, 6.45) is 0. The number of primary amides is 1. The van der Waals surface area contributed by atoms with Gasteiger partial charge >= 0.3 is 6.03 Å². The zero-order chi connectivity index (χ0) is 14.7. The van der Waals surface area contributed by atoms with E-state index in [1.54, 1.807) is 30.2 Å². The lowest BCUT2D eigenvalue weighted by molar-refractivity contribution is -0.118. The van der Waals surface area contributed by atoms with E-state index >= 15 is 0 Å². The quantitative estimate of drug-likeness (QED) is 0.847. The molecule has 20 heavy (non-hydrogen) atoms. The molecule has 1 aliphatic rings. The van der Waals surface area contributed by atoms with Gasteiger partial charge < -0.3 is 20.1 Å². The SMILES string of the molecule is COc1ccc(N2CCN(CC(N)=O)C2=O)cc1OC. The minimum absolute atomic E-state index is 0.0668. The molecule has 0 saturated carbocycles. The molecule has 1 heterocycles. The molecular weight excluding hydrogens is 262 g/mol. The molecule has 0 radical (unpaired) electrons. The fraction of sp³-hybridized carbons (Fsp3) is 0.385. The van der Waals surface area contributed by atoms with Crippen molar-refractivity contribution < 1.29 is 19.1 Å². The average Bonchev–Trinajstić information content (AvgIpc) is 2.79. The van der Waals surface area contributed by atoms with Gasteiger partial charge in [0.15, 0.2) is 11.5 Å². The highest BCUT2D eigenvalue weighted by molar-refractivity contribution is 5.96. The fourth-order valence-electron chi connectivity index (χ4n) is 2.15. The van der Waals surface area contributed by atoms with Gasteiger partial charge in [-0.1, -0.05) is 0 Å². The summed E-state index contributed by atoms with van der Waals surface area (Å²) in [5.41, 5.74) is 5.81. The molecule has 108 valence electrons. The van der Waals surface area contributed by atoms with Crippen LogP contribution in [0.5, 0.6) is 11.5 Å². The number of methoxy groups -OCH3 is 2. The van der Waals surface area contributed by atoms with Crippen molar-refractivity contribution >= 4 is 17.6 Å². The number of hydrogen-bond acceptors (Lipinski definition) is 4. The first-order valence-corrected chi connectivity index (χ1v) is 6.13. The summed E-state index contributed by atoms with van der Waals surface area (Å²) < 4.78 is 10.4. The van der Waals surface area contributed by atoms with E-state index in [0.717, 1.165) is 0 Å². The molecule has 3 amide bonds. The van der Waals surface area contributed by atoms with Crippen LogP contribution in [-0.2, 0) is 4.79 Å². The van der Waals surface area contributed by atoms with Crippen molar-refractivity contribution in [1.29, 1.82) is 0 Å². The van der Waals surface area contributed by atoms with E-state index in [9.17, 15) is 9.59 Å². The second-order valence-electron chi connectivity index (χ2n) is 4.36. The van der Waals surface area contributed by atoms with Gasteiger partial charge in [-0.3, -0.25) is 9.69 Å². The summed E-state index contributed by atoms with van der Waals surface area (Å²) in [7, 11) is 3.08. The van der Waals surface area contributed by atoms with E-state index in [2.05, 4.69) is 0 Å². The van der Waals surface area contributed by atoms with E-state index in [1.165, 1.54) is 12.0 Å². The molecule has 1 aliphatic heterocycles. The number of anilines is 1. The molecule has 0 aliphatic carbocycles. The van der Waals surface area contributed by atoms with Crippen LogP contribution in [-0.4, -0.2) is 50.7 Å². The van der Waals surface area contributed by atoms with Crippen molar-refractivity contribution in [2.75, 3.05) is 38.8 Å². The second-order valence-corrected chi connectivity index (χ2v) is 4.36. The Morgan fingerprint density at radius 2 is 1.95 bits per heavy atom. The minimum atomic E-state index is -0.521. The highest BCUT2D eigenvalue weighted by Gasteiger charge is 2.30. The number of hydrogen-bond donors (Lipinski definition) is 1. The monoisotopic (exact) mass is 279 g/mol. The van der Waals surface area contributed by atoms with Crippen LogP contribution in [0.3, 0.4) is 0 Å². The van der Waals surface area contributed by atoms with Crippen LogP contribution in [0.15, 0.2) is 18.2 Å². The van der Waals surface area contributed by atoms with Gasteiger partial charge in [0.1, 0.15) is 6.54 Å². The molecule has 0 atom stereocenters. The predicted octanol–water partition coefficient (Wildman–Crippen LogP) is 0.431. The molecule has 7 nitrogen and oxygen atoms in total. The van der Waals surface area contributed by atoms with Gasteiger partial charge in [0.2, 0.25) is 5.91 Å². The molecule has 1 aromatic carbocycles. The number of rotatable bonds is 5. The van der Waals surface area contributed by atoms with Crippen molar-refractivity contribution in [3.8, 4) is 11.5 Å². The standard InChI is InChI=1S/C13H17N3O4/c1-19-10-4-3-9(7-11(10)20-2)16-6-5-15(13(16)18)8-12(14)17/h3-4,7H,5-6,8H2,1-2H3,(H2,14,17). The summed E-state index contributed by atoms with van der Waals surface area (Å²) in [5, 5.41) is 0. The number of benzene rings is 1. The van der Waals surface area contributed by atoms with Gasteiger partial charge in [0, 0.05) is 24.8 Å². The van der Waals surface area contributed by atoms with Gasteiger partial charge in [-0.05, 0) is 12.1 Å². The van der Waals surface area contributed by atoms with Crippen LogP contribution >= 0.6 is 0 Å². The normalized spacial score (nSPS) is 14.6. The molecule has 2 N–H and O–H groups in total. The zero-order valence-corrected chi connectivity index (χ0v) is 11.5. The molecule has 1 saturated heterocycles. The molecule has 0 bridgehead atoms. The lowest BCUT2D eigenvalue weighted by atomic mass is 10.2. The van der Waals surface area contributed by atoms with Gasteiger partial charge in [-0.15, -0.1) is 0 Å². The Morgan fingerprint density at radius 1 is 1.25 bits per heavy atom. The first-order valence-electron chi connectivity index (χ1n) is 6.13. The Labute approximate surface area is 116 Å². The highest BCUT2D eigenvalue weighted by atomic mass is 16.5. The first-order chi connectivity index (χ1) is 9.56. The van der Waals surface area contributed by atoms with Crippen LogP contribution < -0.4 is 20.1 Å². The number of nitrogens with zero attached hydrogens (tertiary/aromatic N) is 2. The van der Waals surface area contributed by atoms with Crippen LogP contribution in [0.25, 0.3) is 0 Å². The van der Waals surface area contributed by atoms with Gasteiger partial charge in [0.05, 0.1) is 14.2 Å². The summed E-state index contributed by atoms with van der Waals surface area (Å²) in [5.74, 6) is 0.621. The molecule has 1 aromatic rings.